The number of fused-ring (bicyclic) bond motifs is 1. The number of rotatable bonds is 4. The molecule has 0 saturated carbocycles. The third kappa shape index (κ3) is 3.13. The van der Waals surface area contributed by atoms with E-state index in [1.807, 2.05) is 19.1 Å². The summed E-state index contributed by atoms with van der Waals surface area (Å²) < 4.78 is 38.2. The topological polar surface area (TPSA) is 34.9 Å². The molecule has 102 valence electrons. The molecule has 0 aliphatic heterocycles. The molecule has 0 amide bonds. The first-order valence-electron chi connectivity index (χ1n) is 5.93. The number of benzene rings is 1. The lowest BCUT2D eigenvalue weighted by Gasteiger charge is -2.07. The van der Waals surface area contributed by atoms with Crippen LogP contribution >= 0.6 is 0 Å². The number of para-hydroxylation sites is 2. The van der Waals surface area contributed by atoms with E-state index < -0.39 is 18.4 Å². The lowest BCUT2D eigenvalue weighted by molar-refractivity contribution is -0.151. The lowest BCUT2D eigenvalue weighted by atomic mass is 10.2. The molecule has 0 unspecified atom stereocenters. The Hall–Kier alpha value is -1.85. The van der Waals surface area contributed by atoms with Crippen molar-refractivity contribution in [1.82, 2.24) is 9.55 Å². The van der Waals surface area contributed by atoms with Crippen molar-refractivity contribution in [2.45, 2.75) is 32.5 Å². The molecule has 0 bridgehead atoms. The zero-order valence-electron chi connectivity index (χ0n) is 10.4. The molecule has 0 spiro atoms. The maximum absolute atomic E-state index is 12.1. The van der Waals surface area contributed by atoms with Crippen molar-refractivity contribution in [2.75, 3.05) is 0 Å². The van der Waals surface area contributed by atoms with E-state index >= 15 is 0 Å². The van der Waals surface area contributed by atoms with Gasteiger partial charge in [0.1, 0.15) is 18.0 Å². The number of halogens is 3. The minimum Gasteiger partial charge on any atom is -0.328 e. The van der Waals surface area contributed by atoms with Crippen molar-refractivity contribution < 1.29 is 18.0 Å². The third-order valence-corrected chi connectivity index (χ3v) is 2.80. The number of hydrogen-bond donors (Lipinski definition) is 0. The summed E-state index contributed by atoms with van der Waals surface area (Å²) in [6.07, 6.45) is -6.15. The van der Waals surface area contributed by atoms with Crippen LogP contribution in [-0.2, 0) is 17.8 Å². The Kier molecular flexibility index (Phi) is 3.59. The SMILES string of the molecule is CCn1c(CC(=O)CC(F)(F)F)nc2ccccc21. The lowest BCUT2D eigenvalue weighted by Crippen LogP contribution is -2.18. The quantitative estimate of drug-likeness (QED) is 0.855. The fourth-order valence-electron chi connectivity index (χ4n) is 2.08. The molecule has 0 atom stereocenters. The van der Waals surface area contributed by atoms with E-state index in [9.17, 15) is 18.0 Å². The molecule has 19 heavy (non-hydrogen) atoms. The van der Waals surface area contributed by atoms with Gasteiger partial charge in [0, 0.05) is 6.54 Å². The Bertz CT molecular complexity index is 601. The Morgan fingerprint density at radius 2 is 2.00 bits per heavy atom. The standard InChI is InChI=1S/C13H13F3N2O/c1-2-18-11-6-4-3-5-10(11)17-12(18)7-9(19)8-13(14,15)16/h3-6H,2,7-8H2,1H3. The van der Waals surface area contributed by atoms with Crippen molar-refractivity contribution >= 4 is 16.8 Å². The number of nitrogens with zero attached hydrogens (tertiary/aromatic N) is 2. The monoisotopic (exact) mass is 270 g/mol. The van der Waals surface area contributed by atoms with E-state index in [0.717, 1.165) is 5.52 Å². The Balaban J connectivity index is 2.28. The van der Waals surface area contributed by atoms with Gasteiger partial charge in [-0.2, -0.15) is 13.2 Å². The van der Waals surface area contributed by atoms with Gasteiger partial charge in [-0.25, -0.2) is 4.98 Å². The van der Waals surface area contributed by atoms with E-state index in [4.69, 9.17) is 0 Å². The van der Waals surface area contributed by atoms with E-state index in [1.54, 1.807) is 16.7 Å². The Morgan fingerprint density at radius 1 is 1.32 bits per heavy atom. The molecule has 3 nitrogen and oxygen atoms in total. The second-order valence-electron chi connectivity index (χ2n) is 4.27. The first-order valence-corrected chi connectivity index (χ1v) is 5.93. The summed E-state index contributed by atoms with van der Waals surface area (Å²) in [6.45, 7) is 2.43. The number of imidazole rings is 1. The average molecular weight is 270 g/mol. The molecule has 0 N–H and O–H groups in total. The van der Waals surface area contributed by atoms with Crippen molar-refractivity contribution in [2.24, 2.45) is 0 Å². The fraction of sp³-hybridized carbons (Fsp3) is 0.385. The number of aromatic nitrogens is 2. The molecular weight excluding hydrogens is 257 g/mol. The number of aryl methyl sites for hydroxylation is 1. The van der Waals surface area contributed by atoms with Crippen LogP contribution in [0.15, 0.2) is 24.3 Å². The number of carbonyl (C=O) groups excluding carboxylic acids is 1. The molecule has 0 saturated heterocycles. The van der Waals surface area contributed by atoms with Crippen LogP contribution in [0.25, 0.3) is 11.0 Å². The molecule has 0 radical (unpaired) electrons. The zero-order valence-corrected chi connectivity index (χ0v) is 10.4. The molecule has 1 heterocycles. The number of hydrogen-bond acceptors (Lipinski definition) is 2. The Labute approximate surface area is 108 Å². The van der Waals surface area contributed by atoms with Crippen LogP contribution in [0, 0.1) is 0 Å². The largest absolute Gasteiger partial charge is 0.395 e. The van der Waals surface area contributed by atoms with Crippen molar-refractivity contribution in [3.8, 4) is 0 Å². The van der Waals surface area contributed by atoms with E-state index in [1.165, 1.54) is 0 Å². The van der Waals surface area contributed by atoms with Gasteiger partial charge in [0.15, 0.2) is 0 Å². The van der Waals surface area contributed by atoms with Crippen molar-refractivity contribution in [3.63, 3.8) is 0 Å². The fourth-order valence-corrected chi connectivity index (χ4v) is 2.08. The van der Waals surface area contributed by atoms with Gasteiger partial charge >= 0.3 is 6.18 Å². The van der Waals surface area contributed by atoms with Crippen LogP contribution in [0.4, 0.5) is 13.2 Å². The van der Waals surface area contributed by atoms with Gasteiger partial charge in [-0.05, 0) is 19.1 Å². The van der Waals surface area contributed by atoms with Crippen LogP contribution in [-0.4, -0.2) is 21.5 Å². The second kappa shape index (κ2) is 5.03. The highest BCUT2D eigenvalue weighted by Crippen LogP contribution is 2.22. The molecule has 1 aromatic heterocycles. The summed E-state index contributed by atoms with van der Waals surface area (Å²) in [7, 11) is 0. The van der Waals surface area contributed by atoms with Crippen molar-refractivity contribution in [3.05, 3.63) is 30.1 Å². The Morgan fingerprint density at radius 3 is 2.63 bits per heavy atom. The summed E-state index contributed by atoms with van der Waals surface area (Å²) in [6, 6.07) is 7.25. The van der Waals surface area contributed by atoms with Gasteiger partial charge < -0.3 is 4.57 Å². The molecule has 6 heteroatoms. The predicted octanol–water partition coefficient (Wildman–Crippen LogP) is 3.12. The van der Waals surface area contributed by atoms with Crippen LogP contribution in [0.2, 0.25) is 0 Å². The van der Waals surface area contributed by atoms with E-state index in [2.05, 4.69) is 4.98 Å². The van der Waals surface area contributed by atoms with Crippen molar-refractivity contribution in [1.29, 1.82) is 0 Å². The number of carbonyl (C=O) groups is 1. The van der Waals surface area contributed by atoms with Crippen LogP contribution in [0.3, 0.4) is 0 Å². The van der Waals surface area contributed by atoms with Crippen LogP contribution < -0.4 is 0 Å². The smallest absolute Gasteiger partial charge is 0.328 e. The van der Waals surface area contributed by atoms with Gasteiger partial charge in [-0.1, -0.05) is 12.1 Å². The molecular formula is C13H13F3N2O. The van der Waals surface area contributed by atoms with Gasteiger partial charge in [-0.3, -0.25) is 4.79 Å². The van der Waals surface area contributed by atoms with Gasteiger partial charge in [0.2, 0.25) is 0 Å². The van der Waals surface area contributed by atoms with Gasteiger partial charge in [0.05, 0.1) is 17.5 Å². The molecule has 2 rings (SSSR count). The van der Waals surface area contributed by atoms with E-state index in [-0.39, 0.29) is 6.42 Å². The zero-order chi connectivity index (χ0) is 14.0. The number of Topliss-reactive ketones (excluding diaryl/α,β-unsaturated/α-hetero) is 1. The summed E-state index contributed by atoms with van der Waals surface area (Å²) in [5.41, 5.74) is 1.53. The molecule has 0 fully saturated rings. The molecule has 2 aromatic rings. The third-order valence-electron chi connectivity index (χ3n) is 2.80. The predicted molar refractivity (Wildman–Crippen MR) is 64.8 cm³/mol. The number of ketones is 1. The number of alkyl halides is 3. The average Bonchev–Trinajstić information content (AvgIpc) is 2.63. The van der Waals surface area contributed by atoms with Gasteiger partial charge in [0.25, 0.3) is 0 Å². The summed E-state index contributed by atoms with van der Waals surface area (Å²) in [5, 5.41) is 0. The second-order valence-corrected chi connectivity index (χ2v) is 4.27. The molecule has 0 aliphatic rings. The normalized spacial score (nSPS) is 12.0. The van der Waals surface area contributed by atoms with Gasteiger partial charge in [-0.15, -0.1) is 0 Å². The minimum absolute atomic E-state index is 0.290. The highest BCUT2D eigenvalue weighted by Gasteiger charge is 2.31. The maximum atomic E-state index is 12.1. The maximum Gasteiger partial charge on any atom is 0.395 e. The highest BCUT2D eigenvalue weighted by molar-refractivity contribution is 5.83. The highest BCUT2D eigenvalue weighted by atomic mass is 19.4. The minimum atomic E-state index is -4.46. The van der Waals surface area contributed by atoms with Crippen LogP contribution in [0.5, 0.6) is 0 Å². The first kappa shape index (κ1) is 13.6. The van der Waals surface area contributed by atoms with Crippen LogP contribution in [0.1, 0.15) is 19.2 Å². The molecule has 1 aromatic carbocycles. The van der Waals surface area contributed by atoms with E-state index in [0.29, 0.717) is 17.9 Å². The summed E-state index contributed by atoms with van der Waals surface area (Å²) >= 11 is 0. The summed E-state index contributed by atoms with van der Waals surface area (Å²) in [5.74, 6) is -0.476. The summed E-state index contributed by atoms with van der Waals surface area (Å²) in [4.78, 5) is 15.6. The molecule has 0 aliphatic carbocycles. The first-order chi connectivity index (χ1) is 8.90.